The molecular formula is C41H53N7O5S. The molecule has 12 nitrogen and oxygen atoms in total. The number of esters is 1. The molecule has 4 aliphatic rings. The lowest BCUT2D eigenvalue weighted by molar-refractivity contribution is -0.156. The lowest BCUT2D eigenvalue weighted by Crippen LogP contribution is -2.55. The molecule has 3 aromatic heterocycles. The molecule has 0 spiro atoms. The highest BCUT2D eigenvalue weighted by atomic mass is 32.1. The molecule has 1 unspecified atom stereocenters. The molecule has 1 N–H and O–H groups in total. The van der Waals surface area contributed by atoms with Crippen molar-refractivity contribution in [2.75, 3.05) is 65.0 Å². The number of hydrazine groups is 1. The number of thiazole rings is 1. The maximum Gasteiger partial charge on any atom is 0.324 e. The summed E-state index contributed by atoms with van der Waals surface area (Å²) in [5.74, 6) is -0.702. The molecule has 0 radical (unpaired) electrons. The average molecular weight is 756 g/mol. The fraction of sp³-hybridized carbons (Fsp3) is 0.561. The number of aromatic nitrogens is 3. The molecule has 3 aliphatic heterocycles. The lowest BCUT2D eigenvalue weighted by Gasteiger charge is -2.42. The number of carbonyl (C=O) groups excluding carboxylic acids is 2. The quantitative estimate of drug-likeness (QED) is 0.232. The second kappa shape index (κ2) is 15.0. The highest BCUT2D eigenvalue weighted by Gasteiger charge is 2.48. The number of pyridine rings is 1. The summed E-state index contributed by atoms with van der Waals surface area (Å²) >= 11 is 1.51. The zero-order chi connectivity index (χ0) is 37.7. The largest absolute Gasteiger partial charge is 0.464 e. The summed E-state index contributed by atoms with van der Waals surface area (Å²) in [6.07, 6.45) is 3.62. The van der Waals surface area contributed by atoms with Gasteiger partial charge in [0.25, 0.3) is 0 Å². The molecule has 6 bridgehead atoms. The third-order valence-corrected chi connectivity index (χ3v) is 12.8. The van der Waals surface area contributed by atoms with Crippen molar-refractivity contribution >= 4 is 39.8 Å². The molecule has 2 saturated heterocycles. The normalized spacial score (nSPS) is 24.9. The SMILES string of the molecule is CCO[C@H]1CC(=O)N2CCC[C@H](N2)C(=O)OCC(C)(C)C2c3c(n(CC)c4ccc(cc34)-c3csc1n3)-c1cc(N3CCCN(C)CC3)cnc1[C@H]2OC. The van der Waals surface area contributed by atoms with Gasteiger partial charge in [-0.3, -0.25) is 19.6 Å². The van der Waals surface area contributed by atoms with Crippen LogP contribution in [0.4, 0.5) is 5.69 Å². The van der Waals surface area contributed by atoms with E-state index < -0.39 is 23.7 Å². The number of nitrogens with one attached hydrogen (secondary N) is 1. The summed E-state index contributed by atoms with van der Waals surface area (Å²) in [4.78, 5) is 42.6. The van der Waals surface area contributed by atoms with E-state index in [2.05, 4.69) is 77.3 Å². The van der Waals surface area contributed by atoms with Crippen LogP contribution in [0, 0.1) is 5.41 Å². The van der Waals surface area contributed by atoms with Crippen LogP contribution in [0.1, 0.15) is 87.8 Å². The number of carbonyl (C=O) groups is 2. The Morgan fingerprint density at radius 1 is 1.07 bits per heavy atom. The number of cyclic esters (lactones) is 1. The first-order valence-electron chi connectivity index (χ1n) is 19.5. The minimum Gasteiger partial charge on any atom is -0.464 e. The highest BCUT2D eigenvalue weighted by molar-refractivity contribution is 7.10. The summed E-state index contributed by atoms with van der Waals surface area (Å²) in [6, 6.07) is 8.32. The maximum absolute atomic E-state index is 13.8. The zero-order valence-corrected chi connectivity index (χ0v) is 33.2. The number of likely N-dealkylation sites (N-methyl/N-ethyl adjacent to an activating group) is 1. The maximum atomic E-state index is 13.8. The van der Waals surface area contributed by atoms with E-state index in [0.29, 0.717) is 26.0 Å². The highest BCUT2D eigenvalue weighted by Crippen LogP contribution is 2.57. The van der Waals surface area contributed by atoms with Crippen molar-refractivity contribution in [1.82, 2.24) is 29.9 Å². The molecular weight excluding hydrogens is 703 g/mol. The van der Waals surface area contributed by atoms with Gasteiger partial charge in [-0.05, 0) is 70.5 Å². The minimum atomic E-state index is -0.626. The zero-order valence-electron chi connectivity index (χ0n) is 32.4. The first-order valence-corrected chi connectivity index (χ1v) is 20.4. The Kier molecular flexibility index (Phi) is 10.3. The Hall–Kier alpha value is -3.88. The monoisotopic (exact) mass is 755 g/mol. The van der Waals surface area contributed by atoms with Crippen LogP contribution in [0.3, 0.4) is 0 Å². The van der Waals surface area contributed by atoms with E-state index in [-0.39, 0.29) is 30.8 Å². The second-order valence-corrected chi connectivity index (χ2v) is 16.7. The summed E-state index contributed by atoms with van der Waals surface area (Å²) in [5.41, 5.74) is 11.0. The molecule has 6 heterocycles. The fourth-order valence-corrected chi connectivity index (χ4v) is 9.91. The predicted molar refractivity (Wildman–Crippen MR) is 210 cm³/mol. The molecule has 4 aromatic rings. The minimum absolute atomic E-state index is 0.123. The van der Waals surface area contributed by atoms with Crippen LogP contribution in [-0.4, -0.2) is 102 Å². The van der Waals surface area contributed by atoms with Gasteiger partial charge < -0.3 is 28.6 Å². The van der Waals surface area contributed by atoms with E-state index in [1.54, 1.807) is 12.1 Å². The number of anilines is 1. The third-order valence-electron chi connectivity index (χ3n) is 11.8. The Morgan fingerprint density at radius 2 is 1.93 bits per heavy atom. The van der Waals surface area contributed by atoms with E-state index in [9.17, 15) is 9.59 Å². The van der Waals surface area contributed by atoms with Crippen molar-refractivity contribution in [3.63, 3.8) is 0 Å². The van der Waals surface area contributed by atoms with E-state index in [1.807, 2.05) is 13.1 Å². The Morgan fingerprint density at radius 3 is 2.72 bits per heavy atom. The van der Waals surface area contributed by atoms with Crippen LogP contribution in [-0.2, 0) is 30.3 Å². The molecule has 2 fully saturated rings. The number of hydrogen-bond donors (Lipinski definition) is 1. The van der Waals surface area contributed by atoms with E-state index in [4.69, 9.17) is 24.2 Å². The van der Waals surface area contributed by atoms with Gasteiger partial charge in [-0.15, -0.1) is 11.3 Å². The molecule has 0 saturated carbocycles. The van der Waals surface area contributed by atoms with Crippen LogP contribution in [0.2, 0.25) is 0 Å². The molecule has 4 atom stereocenters. The summed E-state index contributed by atoms with van der Waals surface area (Å²) < 4.78 is 21.3. The van der Waals surface area contributed by atoms with Crippen LogP contribution in [0.25, 0.3) is 33.4 Å². The summed E-state index contributed by atoms with van der Waals surface area (Å²) in [5, 5.41) is 5.51. The van der Waals surface area contributed by atoms with Gasteiger partial charge in [0.15, 0.2) is 0 Å². The number of hydrogen-bond acceptors (Lipinski definition) is 11. The Bertz CT molecular complexity index is 2040. The smallest absolute Gasteiger partial charge is 0.324 e. The first kappa shape index (κ1) is 37.1. The molecule has 8 rings (SSSR count). The lowest BCUT2D eigenvalue weighted by atomic mass is 9.67. The van der Waals surface area contributed by atoms with E-state index >= 15 is 0 Å². The first-order chi connectivity index (χ1) is 26.1. The predicted octanol–water partition coefficient (Wildman–Crippen LogP) is 6.32. The number of nitrogens with zero attached hydrogens (tertiary/aromatic N) is 6. The number of aryl methyl sites for hydroxylation is 1. The molecule has 1 aliphatic carbocycles. The van der Waals surface area contributed by atoms with Crippen molar-refractivity contribution < 1.29 is 23.8 Å². The third kappa shape index (κ3) is 6.61. The number of rotatable bonds is 5. The van der Waals surface area contributed by atoms with Gasteiger partial charge in [-0.1, -0.05) is 19.9 Å². The van der Waals surface area contributed by atoms with Gasteiger partial charge in [-0.2, -0.15) is 0 Å². The van der Waals surface area contributed by atoms with Gasteiger partial charge in [-0.25, -0.2) is 10.4 Å². The second-order valence-electron chi connectivity index (χ2n) is 15.8. The van der Waals surface area contributed by atoms with Gasteiger partial charge in [0.1, 0.15) is 23.3 Å². The summed E-state index contributed by atoms with van der Waals surface area (Å²) in [7, 11) is 3.96. The van der Waals surface area contributed by atoms with Crippen LogP contribution >= 0.6 is 11.3 Å². The van der Waals surface area contributed by atoms with Gasteiger partial charge in [0.05, 0.1) is 42.0 Å². The van der Waals surface area contributed by atoms with Gasteiger partial charge in [0, 0.05) is 85.2 Å². The number of fused-ring (bicyclic) bond motifs is 8. The van der Waals surface area contributed by atoms with Crippen molar-refractivity contribution in [1.29, 1.82) is 0 Å². The van der Waals surface area contributed by atoms with Crippen molar-refractivity contribution in [3.05, 3.63) is 52.1 Å². The molecule has 54 heavy (non-hydrogen) atoms. The molecule has 1 aromatic carbocycles. The molecule has 288 valence electrons. The van der Waals surface area contributed by atoms with Crippen LogP contribution in [0.5, 0.6) is 0 Å². The van der Waals surface area contributed by atoms with Crippen molar-refractivity contribution in [3.8, 4) is 22.5 Å². The standard InChI is InChI=1S/C41H53N7O5S/c1-7-47-31-13-12-25-19-27(31)34-35(38(51-6)36-28(37(34)47)20-26(22-42-36)46-15-10-14-45(5)17-18-46)41(3,4)24-53-40(50)29-11-9-16-48(44-29)33(49)21-32(52-8-2)39-43-30(25)23-54-39/h12-13,19-20,22-23,29,32,35,38,44H,7-11,14-18,21,24H2,1-6H3/t29-,32-,35?,38-/m0/s1. The Labute approximate surface area is 321 Å². The van der Waals surface area contributed by atoms with Gasteiger partial charge >= 0.3 is 5.97 Å². The molecule has 13 heteroatoms. The van der Waals surface area contributed by atoms with E-state index in [1.165, 1.54) is 16.9 Å². The topological polar surface area (TPSA) is 114 Å². The van der Waals surface area contributed by atoms with E-state index in [0.717, 1.165) is 89.0 Å². The molecule has 1 amide bonds. The fourth-order valence-electron chi connectivity index (χ4n) is 9.03. The van der Waals surface area contributed by atoms with Crippen molar-refractivity contribution in [2.45, 2.75) is 84.1 Å². The van der Waals surface area contributed by atoms with Crippen molar-refractivity contribution in [2.24, 2.45) is 5.41 Å². The number of methoxy groups -OCH3 is 1. The van der Waals surface area contributed by atoms with Gasteiger partial charge in [0.2, 0.25) is 5.91 Å². The average Bonchev–Trinajstić information content (AvgIpc) is 3.73. The Balaban J connectivity index is 1.32. The summed E-state index contributed by atoms with van der Waals surface area (Å²) in [6.45, 7) is 14.3. The van der Waals surface area contributed by atoms with Crippen LogP contribution in [0.15, 0.2) is 35.8 Å². The number of benzene rings is 1. The van der Waals surface area contributed by atoms with Crippen LogP contribution < -0.4 is 10.3 Å². The number of amides is 1. The number of ether oxygens (including phenoxy) is 3.